The summed E-state index contributed by atoms with van der Waals surface area (Å²) in [5.74, 6) is 2.12. The van der Waals surface area contributed by atoms with Crippen molar-refractivity contribution in [2.24, 2.45) is 0 Å². The fourth-order valence-corrected chi connectivity index (χ4v) is 2.25. The summed E-state index contributed by atoms with van der Waals surface area (Å²) in [5, 5.41) is 9.37. The van der Waals surface area contributed by atoms with Crippen LogP contribution in [0.1, 0.15) is 24.8 Å². The van der Waals surface area contributed by atoms with Gasteiger partial charge in [0.1, 0.15) is 17.2 Å². The van der Waals surface area contributed by atoms with Gasteiger partial charge >= 0.3 is 0 Å². The van der Waals surface area contributed by atoms with E-state index in [1.807, 2.05) is 55.5 Å². The number of methoxy groups -OCH3 is 1. The molecular weight excluding hydrogens is 290 g/mol. The average molecular weight is 311 g/mol. The van der Waals surface area contributed by atoms with Crippen LogP contribution in [0.15, 0.2) is 48.5 Å². The molecule has 0 saturated heterocycles. The molecule has 0 N–H and O–H groups in total. The molecule has 0 radical (unpaired) electrons. The normalized spacial score (nSPS) is 11.3. The molecule has 0 aliphatic carbocycles. The Morgan fingerprint density at radius 2 is 1.74 bits per heavy atom. The summed E-state index contributed by atoms with van der Waals surface area (Å²) in [6.45, 7) is 3.05. The maximum Gasteiger partial charge on any atom is 0.122 e. The molecule has 2 rings (SSSR count). The smallest absolute Gasteiger partial charge is 0.122 e. The molecule has 1 atom stereocenters. The Bertz CT molecular complexity index is 646. The molecule has 0 heterocycles. The Hall–Kier alpha value is -2.67. The fraction of sp³-hybridized carbons (Fsp3) is 0.316. The number of nitrogens with zero attached hydrogens (tertiary/aromatic N) is 1. The number of hydrogen-bond donors (Lipinski definition) is 0. The first-order valence-corrected chi connectivity index (χ1v) is 7.66. The van der Waals surface area contributed by atoms with Gasteiger partial charge in [-0.25, -0.2) is 0 Å². The van der Waals surface area contributed by atoms with Gasteiger partial charge in [0.05, 0.1) is 32.3 Å². The highest BCUT2D eigenvalue weighted by molar-refractivity contribution is 5.33. The summed E-state index contributed by atoms with van der Waals surface area (Å²) in [6, 6.07) is 17.4. The van der Waals surface area contributed by atoms with Crippen LogP contribution < -0.4 is 14.2 Å². The molecule has 0 fully saturated rings. The average Bonchev–Trinajstić information content (AvgIpc) is 2.60. The summed E-state index contributed by atoms with van der Waals surface area (Å²) < 4.78 is 16.3. The van der Waals surface area contributed by atoms with E-state index in [4.69, 9.17) is 14.2 Å². The van der Waals surface area contributed by atoms with Gasteiger partial charge in [-0.3, -0.25) is 0 Å². The van der Waals surface area contributed by atoms with Crippen LogP contribution in [0.25, 0.3) is 0 Å². The summed E-state index contributed by atoms with van der Waals surface area (Å²) in [7, 11) is 1.62. The standard InChI is InChI=1S/C19H21NO3/c1-3-22-17-9-7-15(8-10-17)16(14-20)11-12-23-19-6-4-5-18(13-19)21-2/h4-10,13,16H,3,11-12H2,1-2H3. The number of rotatable bonds is 8. The van der Waals surface area contributed by atoms with Gasteiger partial charge in [-0.05, 0) is 36.8 Å². The van der Waals surface area contributed by atoms with Gasteiger partial charge in [0.15, 0.2) is 0 Å². The molecule has 0 aromatic heterocycles. The highest BCUT2D eigenvalue weighted by atomic mass is 16.5. The van der Waals surface area contributed by atoms with Crippen molar-refractivity contribution in [3.63, 3.8) is 0 Å². The second-order valence-electron chi connectivity index (χ2n) is 5.00. The largest absolute Gasteiger partial charge is 0.497 e. The first-order valence-electron chi connectivity index (χ1n) is 7.66. The zero-order valence-corrected chi connectivity index (χ0v) is 13.5. The van der Waals surface area contributed by atoms with Crippen molar-refractivity contribution in [2.45, 2.75) is 19.3 Å². The molecule has 120 valence electrons. The quantitative estimate of drug-likeness (QED) is 0.734. The van der Waals surface area contributed by atoms with Gasteiger partial charge in [0, 0.05) is 12.5 Å². The van der Waals surface area contributed by atoms with E-state index in [-0.39, 0.29) is 5.92 Å². The van der Waals surface area contributed by atoms with E-state index in [0.717, 1.165) is 22.8 Å². The van der Waals surface area contributed by atoms with Crippen molar-refractivity contribution in [2.75, 3.05) is 20.3 Å². The van der Waals surface area contributed by atoms with Gasteiger partial charge in [-0.1, -0.05) is 18.2 Å². The lowest BCUT2D eigenvalue weighted by atomic mass is 9.97. The molecule has 0 spiro atoms. The Balaban J connectivity index is 1.90. The molecular formula is C19H21NO3. The third-order valence-corrected chi connectivity index (χ3v) is 3.47. The molecule has 1 unspecified atom stereocenters. The van der Waals surface area contributed by atoms with Crippen LogP contribution in [0.2, 0.25) is 0 Å². The molecule has 0 bridgehead atoms. The summed E-state index contributed by atoms with van der Waals surface area (Å²) in [6.07, 6.45) is 0.627. The molecule has 0 amide bonds. The van der Waals surface area contributed by atoms with Gasteiger partial charge in [0.2, 0.25) is 0 Å². The minimum absolute atomic E-state index is 0.198. The Kier molecular flexibility index (Phi) is 6.31. The number of hydrogen-bond acceptors (Lipinski definition) is 4. The van der Waals surface area contributed by atoms with Gasteiger partial charge in [-0.15, -0.1) is 0 Å². The van der Waals surface area contributed by atoms with Crippen molar-refractivity contribution in [1.82, 2.24) is 0 Å². The number of nitriles is 1. The lowest BCUT2D eigenvalue weighted by Crippen LogP contribution is -2.04. The minimum atomic E-state index is -0.198. The third-order valence-electron chi connectivity index (χ3n) is 3.47. The molecule has 23 heavy (non-hydrogen) atoms. The van der Waals surface area contributed by atoms with E-state index >= 15 is 0 Å². The Labute approximate surface area is 137 Å². The van der Waals surface area contributed by atoms with Crippen LogP contribution in [0.3, 0.4) is 0 Å². The topological polar surface area (TPSA) is 51.5 Å². The van der Waals surface area contributed by atoms with Crippen molar-refractivity contribution < 1.29 is 14.2 Å². The maximum atomic E-state index is 9.37. The fourth-order valence-electron chi connectivity index (χ4n) is 2.25. The monoisotopic (exact) mass is 311 g/mol. The molecule has 0 aliphatic rings. The van der Waals surface area contributed by atoms with Crippen molar-refractivity contribution in [1.29, 1.82) is 5.26 Å². The van der Waals surface area contributed by atoms with Crippen LogP contribution in [-0.4, -0.2) is 20.3 Å². The van der Waals surface area contributed by atoms with Gasteiger partial charge < -0.3 is 14.2 Å². The lowest BCUT2D eigenvalue weighted by molar-refractivity contribution is 0.303. The van der Waals surface area contributed by atoms with Crippen LogP contribution in [-0.2, 0) is 0 Å². The van der Waals surface area contributed by atoms with Crippen LogP contribution >= 0.6 is 0 Å². The molecule has 0 saturated carbocycles. The first kappa shape index (κ1) is 16.7. The molecule has 4 heteroatoms. The van der Waals surface area contributed by atoms with E-state index in [1.165, 1.54) is 0 Å². The van der Waals surface area contributed by atoms with E-state index in [1.54, 1.807) is 7.11 Å². The van der Waals surface area contributed by atoms with Crippen LogP contribution in [0.4, 0.5) is 0 Å². The highest BCUT2D eigenvalue weighted by Gasteiger charge is 2.11. The van der Waals surface area contributed by atoms with Crippen molar-refractivity contribution in [3.8, 4) is 23.3 Å². The SMILES string of the molecule is CCOc1ccc(C(C#N)CCOc2cccc(OC)c2)cc1. The van der Waals surface area contributed by atoms with Crippen LogP contribution in [0.5, 0.6) is 17.2 Å². The second kappa shape index (κ2) is 8.70. The predicted octanol–water partition coefficient (Wildman–Crippen LogP) is 4.17. The number of ether oxygens (including phenoxy) is 3. The molecule has 2 aromatic carbocycles. The Morgan fingerprint density at radius 1 is 1.00 bits per heavy atom. The van der Waals surface area contributed by atoms with Crippen LogP contribution in [0, 0.1) is 11.3 Å². The van der Waals surface area contributed by atoms with E-state index in [0.29, 0.717) is 19.6 Å². The van der Waals surface area contributed by atoms with Gasteiger partial charge in [0.25, 0.3) is 0 Å². The second-order valence-corrected chi connectivity index (χ2v) is 5.00. The zero-order valence-electron chi connectivity index (χ0n) is 13.5. The van der Waals surface area contributed by atoms with Crippen molar-refractivity contribution >= 4 is 0 Å². The van der Waals surface area contributed by atoms with E-state index in [9.17, 15) is 5.26 Å². The molecule has 2 aromatic rings. The minimum Gasteiger partial charge on any atom is -0.497 e. The van der Waals surface area contributed by atoms with Crippen molar-refractivity contribution in [3.05, 3.63) is 54.1 Å². The zero-order chi connectivity index (χ0) is 16.5. The van der Waals surface area contributed by atoms with E-state index in [2.05, 4.69) is 6.07 Å². The predicted molar refractivity (Wildman–Crippen MR) is 89.1 cm³/mol. The Morgan fingerprint density at radius 3 is 2.39 bits per heavy atom. The summed E-state index contributed by atoms with van der Waals surface area (Å²) in [4.78, 5) is 0. The lowest BCUT2D eigenvalue weighted by Gasteiger charge is -2.12. The summed E-state index contributed by atoms with van der Waals surface area (Å²) >= 11 is 0. The molecule has 0 aliphatic heterocycles. The third kappa shape index (κ3) is 4.93. The first-order chi connectivity index (χ1) is 11.3. The molecule has 4 nitrogen and oxygen atoms in total. The highest BCUT2D eigenvalue weighted by Crippen LogP contribution is 2.23. The van der Waals surface area contributed by atoms with E-state index < -0.39 is 0 Å². The number of benzene rings is 2. The van der Waals surface area contributed by atoms with Gasteiger partial charge in [-0.2, -0.15) is 5.26 Å². The maximum absolute atomic E-state index is 9.37. The summed E-state index contributed by atoms with van der Waals surface area (Å²) in [5.41, 5.74) is 0.977.